The zero-order valence-electron chi connectivity index (χ0n) is 13.7. The van der Waals surface area contributed by atoms with Gasteiger partial charge in [0, 0.05) is 19.8 Å². The van der Waals surface area contributed by atoms with Gasteiger partial charge in [-0.15, -0.1) is 0 Å². The lowest BCUT2D eigenvalue weighted by molar-refractivity contribution is 0.0674. The lowest BCUT2D eigenvalue weighted by Gasteiger charge is -2.29. The van der Waals surface area contributed by atoms with Crippen molar-refractivity contribution >= 4 is 17.5 Å². The maximum atomic E-state index is 13.1. The molecule has 0 unspecified atom stereocenters. The van der Waals surface area contributed by atoms with Crippen molar-refractivity contribution in [1.82, 2.24) is 19.8 Å². The summed E-state index contributed by atoms with van der Waals surface area (Å²) in [5.74, 6) is 0.512. The molecule has 0 aliphatic carbocycles. The van der Waals surface area contributed by atoms with Crippen molar-refractivity contribution in [3.63, 3.8) is 0 Å². The number of carbonyl (C=O) groups is 1. The van der Waals surface area contributed by atoms with Crippen molar-refractivity contribution in [1.29, 1.82) is 0 Å². The number of rotatable bonds is 2. The summed E-state index contributed by atoms with van der Waals surface area (Å²) >= 11 is 6.34. The highest BCUT2D eigenvalue weighted by atomic mass is 35.5. The Bertz CT molecular complexity index is 702. The van der Waals surface area contributed by atoms with E-state index >= 15 is 0 Å². The summed E-state index contributed by atoms with van der Waals surface area (Å²) in [5, 5.41) is 9.00. The van der Waals surface area contributed by atoms with Crippen molar-refractivity contribution in [3.8, 4) is 0 Å². The number of amides is 1. The Balaban J connectivity index is 1.99. The Morgan fingerprint density at radius 3 is 2.74 bits per heavy atom. The molecule has 0 aromatic carbocycles. The first kappa shape index (κ1) is 16.1. The number of hydrogen-bond acceptors (Lipinski definition) is 4. The molecule has 1 aliphatic heterocycles. The van der Waals surface area contributed by atoms with E-state index in [1.165, 1.54) is 0 Å². The van der Waals surface area contributed by atoms with E-state index in [9.17, 15) is 4.79 Å². The van der Waals surface area contributed by atoms with Crippen molar-refractivity contribution < 1.29 is 9.32 Å². The topological polar surface area (TPSA) is 64.2 Å². The highest BCUT2D eigenvalue weighted by molar-refractivity contribution is 6.31. The van der Waals surface area contributed by atoms with Gasteiger partial charge < -0.3 is 9.42 Å². The van der Waals surface area contributed by atoms with Crippen LogP contribution in [-0.2, 0) is 7.05 Å². The summed E-state index contributed by atoms with van der Waals surface area (Å²) in [7, 11) is 1.84. The zero-order valence-corrected chi connectivity index (χ0v) is 14.4. The molecule has 1 saturated heterocycles. The molecule has 0 N–H and O–H groups in total. The summed E-state index contributed by atoms with van der Waals surface area (Å²) in [6, 6.07) is -0.104. The van der Waals surface area contributed by atoms with Gasteiger partial charge in [0.1, 0.15) is 17.0 Å². The summed E-state index contributed by atoms with van der Waals surface area (Å²) in [5.41, 5.74) is 1.96. The first-order valence-corrected chi connectivity index (χ1v) is 8.29. The third kappa shape index (κ3) is 3.00. The molecule has 2 aromatic rings. The minimum absolute atomic E-state index is 0.0464. The number of aryl methyl sites for hydroxylation is 3. The average molecular weight is 337 g/mol. The standard InChI is InChI=1S/C16H21ClN4O2/c1-10-14(11(2)23-19-10)16(22)21-8-6-4-5-7-13(21)15-12(17)9-20(3)18-15/h9,13H,4-8H2,1-3H3/t13-/m0/s1. The number of hydrogen-bond donors (Lipinski definition) is 0. The SMILES string of the molecule is Cc1noc(C)c1C(=O)N1CCCCC[C@H]1c1nn(C)cc1Cl. The Morgan fingerprint density at radius 2 is 2.13 bits per heavy atom. The predicted octanol–water partition coefficient (Wildman–Crippen LogP) is 3.44. The second kappa shape index (κ2) is 6.35. The van der Waals surface area contributed by atoms with Crippen LogP contribution in [0.2, 0.25) is 5.02 Å². The Kier molecular flexibility index (Phi) is 4.43. The van der Waals surface area contributed by atoms with Crippen molar-refractivity contribution in [2.24, 2.45) is 7.05 Å². The van der Waals surface area contributed by atoms with Crippen molar-refractivity contribution in [2.45, 2.75) is 45.6 Å². The van der Waals surface area contributed by atoms with E-state index in [1.807, 2.05) is 11.9 Å². The number of likely N-dealkylation sites (tertiary alicyclic amines) is 1. The summed E-state index contributed by atoms with van der Waals surface area (Å²) in [6.45, 7) is 4.26. The van der Waals surface area contributed by atoms with Gasteiger partial charge in [0.15, 0.2) is 0 Å². The van der Waals surface area contributed by atoms with Crippen LogP contribution in [0.4, 0.5) is 0 Å². The fraction of sp³-hybridized carbons (Fsp3) is 0.562. The van der Waals surface area contributed by atoms with Gasteiger partial charge in [-0.25, -0.2) is 0 Å². The van der Waals surface area contributed by atoms with Crippen LogP contribution in [-0.4, -0.2) is 32.3 Å². The van der Waals surface area contributed by atoms with Crippen LogP contribution >= 0.6 is 11.6 Å². The molecule has 23 heavy (non-hydrogen) atoms. The first-order chi connectivity index (χ1) is 11.0. The van der Waals surface area contributed by atoms with Crippen LogP contribution in [0.25, 0.3) is 0 Å². The fourth-order valence-electron chi connectivity index (χ4n) is 3.27. The van der Waals surface area contributed by atoms with E-state index in [0.717, 1.165) is 31.4 Å². The van der Waals surface area contributed by atoms with Crippen LogP contribution in [0.5, 0.6) is 0 Å². The highest BCUT2D eigenvalue weighted by Gasteiger charge is 2.33. The normalized spacial score (nSPS) is 19.0. The third-order valence-corrected chi connectivity index (χ3v) is 4.68. The number of nitrogens with zero attached hydrogens (tertiary/aromatic N) is 4. The quantitative estimate of drug-likeness (QED) is 0.842. The van der Waals surface area contributed by atoms with Gasteiger partial charge in [0.2, 0.25) is 0 Å². The van der Waals surface area contributed by atoms with Gasteiger partial charge in [-0.05, 0) is 26.7 Å². The Morgan fingerprint density at radius 1 is 1.35 bits per heavy atom. The maximum absolute atomic E-state index is 13.1. The lowest BCUT2D eigenvalue weighted by atomic mass is 10.1. The molecule has 0 spiro atoms. The van der Waals surface area contributed by atoms with Gasteiger partial charge in [-0.2, -0.15) is 5.10 Å². The lowest BCUT2D eigenvalue weighted by Crippen LogP contribution is -2.35. The highest BCUT2D eigenvalue weighted by Crippen LogP contribution is 2.34. The molecule has 1 fully saturated rings. The molecule has 0 saturated carbocycles. The molecule has 1 aliphatic rings. The molecule has 0 bridgehead atoms. The molecule has 2 aromatic heterocycles. The first-order valence-electron chi connectivity index (χ1n) is 7.92. The second-order valence-electron chi connectivity index (χ2n) is 6.10. The van der Waals surface area contributed by atoms with Crippen LogP contribution < -0.4 is 0 Å². The monoisotopic (exact) mass is 336 g/mol. The van der Waals surface area contributed by atoms with Gasteiger partial charge in [-0.3, -0.25) is 9.48 Å². The largest absolute Gasteiger partial charge is 0.361 e. The third-order valence-electron chi connectivity index (χ3n) is 4.39. The fourth-order valence-corrected chi connectivity index (χ4v) is 3.58. The van der Waals surface area contributed by atoms with E-state index in [2.05, 4.69) is 10.3 Å². The van der Waals surface area contributed by atoms with Crippen LogP contribution in [0.1, 0.15) is 59.2 Å². The summed E-state index contributed by atoms with van der Waals surface area (Å²) in [4.78, 5) is 15.0. The molecular formula is C16H21ClN4O2. The molecule has 6 nitrogen and oxygen atoms in total. The zero-order chi connectivity index (χ0) is 16.6. The molecule has 124 valence electrons. The van der Waals surface area contributed by atoms with E-state index in [0.29, 0.717) is 28.6 Å². The van der Waals surface area contributed by atoms with E-state index in [4.69, 9.17) is 16.1 Å². The molecular weight excluding hydrogens is 316 g/mol. The molecule has 3 rings (SSSR count). The molecule has 0 radical (unpaired) electrons. The van der Waals surface area contributed by atoms with Gasteiger partial charge in [0.25, 0.3) is 5.91 Å². The molecule has 7 heteroatoms. The Labute approximate surface area is 140 Å². The van der Waals surface area contributed by atoms with Gasteiger partial charge >= 0.3 is 0 Å². The summed E-state index contributed by atoms with van der Waals surface area (Å²) in [6.07, 6.45) is 5.79. The Hall–Kier alpha value is -1.82. The van der Waals surface area contributed by atoms with E-state index < -0.39 is 0 Å². The minimum Gasteiger partial charge on any atom is -0.361 e. The van der Waals surface area contributed by atoms with Crippen LogP contribution in [0.3, 0.4) is 0 Å². The molecule has 3 heterocycles. The predicted molar refractivity (Wildman–Crippen MR) is 86.4 cm³/mol. The van der Waals surface area contributed by atoms with E-state index in [1.54, 1.807) is 24.7 Å². The van der Waals surface area contributed by atoms with Gasteiger partial charge in [0.05, 0.1) is 16.8 Å². The number of aromatic nitrogens is 3. The smallest absolute Gasteiger partial charge is 0.259 e. The second-order valence-corrected chi connectivity index (χ2v) is 6.51. The molecule has 1 atom stereocenters. The maximum Gasteiger partial charge on any atom is 0.259 e. The minimum atomic E-state index is -0.104. The van der Waals surface area contributed by atoms with Crippen LogP contribution in [0.15, 0.2) is 10.7 Å². The number of halogens is 1. The van der Waals surface area contributed by atoms with Crippen LogP contribution in [0, 0.1) is 13.8 Å². The van der Waals surface area contributed by atoms with Gasteiger partial charge in [-0.1, -0.05) is 29.6 Å². The molecule has 1 amide bonds. The average Bonchev–Trinajstić information content (AvgIpc) is 2.90. The van der Waals surface area contributed by atoms with Crippen molar-refractivity contribution in [2.75, 3.05) is 6.54 Å². The summed E-state index contributed by atoms with van der Waals surface area (Å²) < 4.78 is 6.86. The number of carbonyl (C=O) groups excluding carboxylic acids is 1. The van der Waals surface area contributed by atoms with Crippen molar-refractivity contribution in [3.05, 3.63) is 33.9 Å². The van der Waals surface area contributed by atoms with E-state index in [-0.39, 0.29) is 11.9 Å².